The molecule has 0 radical (unpaired) electrons. The van der Waals surface area contributed by atoms with Crippen LogP contribution in [0.1, 0.15) is 26.7 Å². The Labute approximate surface area is 98.2 Å². The fourth-order valence-corrected chi connectivity index (χ4v) is 1.87. The molecule has 94 valence electrons. The summed E-state index contributed by atoms with van der Waals surface area (Å²) in [5.41, 5.74) is 0. The van der Waals surface area contributed by atoms with Crippen LogP contribution in [-0.4, -0.2) is 60.1 Å². The van der Waals surface area contributed by atoms with E-state index in [2.05, 4.69) is 6.92 Å². The molecular formula is C12H24N2O2. The van der Waals surface area contributed by atoms with E-state index in [0.717, 1.165) is 31.8 Å². The third-order valence-electron chi connectivity index (χ3n) is 3.54. The lowest BCUT2D eigenvalue weighted by molar-refractivity contribution is -0.134. The molecule has 0 spiro atoms. The molecule has 1 fully saturated rings. The minimum Gasteiger partial charge on any atom is -0.395 e. The smallest absolute Gasteiger partial charge is 0.236 e. The molecule has 16 heavy (non-hydrogen) atoms. The fourth-order valence-electron chi connectivity index (χ4n) is 1.87. The standard InChI is InChI=1S/C12H24N2O2/c1-10-4-6-14(7-5-10)12(16)8-13(3)11(2)9-15/h10-11,15H,4-9H2,1-3H3. The lowest BCUT2D eigenvalue weighted by Crippen LogP contribution is -2.45. The van der Waals surface area contributed by atoms with Gasteiger partial charge in [0.1, 0.15) is 0 Å². The minimum atomic E-state index is 0.0488. The van der Waals surface area contributed by atoms with E-state index >= 15 is 0 Å². The molecule has 4 heteroatoms. The number of piperidine rings is 1. The second kappa shape index (κ2) is 6.21. The molecule has 1 rings (SSSR count). The second-order valence-corrected chi connectivity index (χ2v) is 5.01. The average Bonchev–Trinajstić information content (AvgIpc) is 2.28. The van der Waals surface area contributed by atoms with Gasteiger partial charge in [-0.2, -0.15) is 0 Å². The highest BCUT2D eigenvalue weighted by Gasteiger charge is 2.22. The van der Waals surface area contributed by atoms with Gasteiger partial charge in [-0.25, -0.2) is 0 Å². The van der Waals surface area contributed by atoms with E-state index in [9.17, 15) is 4.79 Å². The van der Waals surface area contributed by atoms with Crippen molar-refractivity contribution in [1.82, 2.24) is 9.80 Å². The van der Waals surface area contributed by atoms with Crippen molar-refractivity contribution < 1.29 is 9.90 Å². The maximum Gasteiger partial charge on any atom is 0.236 e. The molecular weight excluding hydrogens is 204 g/mol. The van der Waals surface area contributed by atoms with Crippen LogP contribution in [0.15, 0.2) is 0 Å². The molecule has 1 N–H and O–H groups in total. The van der Waals surface area contributed by atoms with Crippen LogP contribution in [0.3, 0.4) is 0 Å². The minimum absolute atomic E-state index is 0.0488. The van der Waals surface area contributed by atoms with Crippen LogP contribution in [0.4, 0.5) is 0 Å². The number of aliphatic hydroxyl groups excluding tert-OH is 1. The number of nitrogens with zero attached hydrogens (tertiary/aromatic N) is 2. The highest BCUT2D eigenvalue weighted by molar-refractivity contribution is 5.78. The van der Waals surface area contributed by atoms with Crippen LogP contribution < -0.4 is 0 Å². The maximum atomic E-state index is 11.9. The Hall–Kier alpha value is -0.610. The summed E-state index contributed by atoms with van der Waals surface area (Å²) in [5, 5.41) is 9.00. The molecule has 0 aromatic carbocycles. The largest absolute Gasteiger partial charge is 0.395 e. The number of carbonyl (C=O) groups excluding carboxylic acids is 1. The first-order valence-electron chi connectivity index (χ1n) is 6.13. The summed E-state index contributed by atoms with van der Waals surface area (Å²) in [5.74, 6) is 0.938. The van der Waals surface area contributed by atoms with E-state index < -0.39 is 0 Å². The normalized spacial score (nSPS) is 20.2. The first-order chi connectivity index (χ1) is 7.54. The molecule has 4 nitrogen and oxygen atoms in total. The van der Waals surface area contributed by atoms with Gasteiger partial charge in [0.15, 0.2) is 0 Å². The lowest BCUT2D eigenvalue weighted by atomic mass is 9.99. The number of hydrogen-bond acceptors (Lipinski definition) is 3. The van der Waals surface area contributed by atoms with Gasteiger partial charge in [-0.3, -0.25) is 9.69 Å². The van der Waals surface area contributed by atoms with Gasteiger partial charge in [-0.05, 0) is 32.7 Å². The molecule has 0 aliphatic carbocycles. The number of likely N-dealkylation sites (N-methyl/N-ethyl adjacent to an activating group) is 1. The number of aliphatic hydroxyl groups is 1. The summed E-state index contributed by atoms with van der Waals surface area (Å²) < 4.78 is 0. The van der Waals surface area contributed by atoms with Crippen LogP contribution in [0, 0.1) is 5.92 Å². The van der Waals surface area contributed by atoms with Gasteiger partial charge in [0.25, 0.3) is 0 Å². The molecule has 1 aliphatic heterocycles. The van der Waals surface area contributed by atoms with Crippen molar-refractivity contribution in [3.63, 3.8) is 0 Å². The first kappa shape index (κ1) is 13.5. The van der Waals surface area contributed by atoms with Gasteiger partial charge < -0.3 is 10.0 Å². The van der Waals surface area contributed by atoms with Crippen LogP contribution in [-0.2, 0) is 4.79 Å². The molecule has 0 aromatic rings. The molecule has 0 saturated carbocycles. The van der Waals surface area contributed by atoms with Gasteiger partial charge in [-0.15, -0.1) is 0 Å². The number of likely N-dealkylation sites (tertiary alicyclic amines) is 1. The SMILES string of the molecule is CC1CCN(C(=O)CN(C)C(C)CO)CC1. The quantitative estimate of drug-likeness (QED) is 0.764. The van der Waals surface area contributed by atoms with Crippen molar-refractivity contribution in [3.05, 3.63) is 0 Å². The van der Waals surface area contributed by atoms with E-state index in [0.29, 0.717) is 6.54 Å². The Morgan fingerprint density at radius 2 is 2.06 bits per heavy atom. The zero-order chi connectivity index (χ0) is 12.1. The molecule has 1 heterocycles. The Bertz CT molecular complexity index is 225. The molecule has 1 saturated heterocycles. The van der Waals surface area contributed by atoms with Crippen molar-refractivity contribution in [2.75, 3.05) is 33.3 Å². The van der Waals surface area contributed by atoms with Crippen LogP contribution in [0.5, 0.6) is 0 Å². The van der Waals surface area contributed by atoms with Crippen molar-refractivity contribution in [2.24, 2.45) is 5.92 Å². The summed E-state index contributed by atoms with van der Waals surface area (Å²) >= 11 is 0. The zero-order valence-corrected chi connectivity index (χ0v) is 10.6. The third kappa shape index (κ3) is 3.76. The topological polar surface area (TPSA) is 43.8 Å². The van der Waals surface area contributed by atoms with Gasteiger partial charge in [0.2, 0.25) is 5.91 Å². The first-order valence-corrected chi connectivity index (χ1v) is 6.13. The Morgan fingerprint density at radius 3 is 2.56 bits per heavy atom. The van der Waals surface area contributed by atoms with Gasteiger partial charge >= 0.3 is 0 Å². The molecule has 1 aliphatic rings. The van der Waals surface area contributed by atoms with Gasteiger partial charge in [0, 0.05) is 19.1 Å². The lowest BCUT2D eigenvalue weighted by Gasteiger charge is -2.32. The number of carbonyl (C=O) groups is 1. The molecule has 0 bridgehead atoms. The van der Waals surface area contributed by atoms with E-state index in [-0.39, 0.29) is 18.6 Å². The monoisotopic (exact) mass is 228 g/mol. The molecule has 1 amide bonds. The molecule has 1 atom stereocenters. The Morgan fingerprint density at radius 1 is 1.50 bits per heavy atom. The van der Waals surface area contributed by atoms with Crippen molar-refractivity contribution in [2.45, 2.75) is 32.7 Å². The van der Waals surface area contributed by atoms with Crippen molar-refractivity contribution in [3.8, 4) is 0 Å². The van der Waals surface area contributed by atoms with E-state index in [1.807, 2.05) is 23.8 Å². The predicted octanol–water partition coefficient (Wildman–Crippen LogP) is 0.557. The molecule has 1 unspecified atom stereocenters. The Balaban J connectivity index is 2.34. The van der Waals surface area contributed by atoms with Crippen molar-refractivity contribution in [1.29, 1.82) is 0 Å². The van der Waals surface area contributed by atoms with Crippen LogP contribution in [0.2, 0.25) is 0 Å². The number of rotatable bonds is 4. The third-order valence-corrected chi connectivity index (χ3v) is 3.54. The van der Waals surface area contributed by atoms with E-state index in [1.54, 1.807) is 0 Å². The fraction of sp³-hybridized carbons (Fsp3) is 0.917. The summed E-state index contributed by atoms with van der Waals surface area (Å²) in [6, 6.07) is 0.0488. The summed E-state index contributed by atoms with van der Waals surface area (Å²) in [7, 11) is 1.88. The second-order valence-electron chi connectivity index (χ2n) is 5.01. The van der Waals surface area contributed by atoms with Gasteiger partial charge in [-0.1, -0.05) is 6.92 Å². The van der Waals surface area contributed by atoms with Crippen LogP contribution >= 0.6 is 0 Å². The highest BCUT2D eigenvalue weighted by atomic mass is 16.3. The predicted molar refractivity (Wildman–Crippen MR) is 64.2 cm³/mol. The van der Waals surface area contributed by atoms with E-state index in [1.165, 1.54) is 0 Å². The zero-order valence-electron chi connectivity index (χ0n) is 10.6. The van der Waals surface area contributed by atoms with Gasteiger partial charge in [0.05, 0.1) is 13.2 Å². The summed E-state index contributed by atoms with van der Waals surface area (Å²) in [4.78, 5) is 15.8. The number of hydrogen-bond donors (Lipinski definition) is 1. The maximum absolute atomic E-state index is 11.9. The average molecular weight is 228 g/mol. The Kier molecular flexibility index (Phi) is 5.22. The summed E-state index contributed by atoms with van der Waals surface area (Å²) in [6.07, 6.45) is 2.23. The molecule has 0 aromatic heterocycles. The van der Waals surface area contributed by atoms with Crippen LogP contribution in [0.25, 0.3) is 0 Å². The summed E-state index contributed by atoms with van der Waals surface area (Å²) in [6.45, 7) is 6.45. The highest BCUT2D eigenvalue weighted by Crippen LogP contribution is 2.16. The number of amides is 1. The van der Waals surface area contributed by atoms with Crippen molar-refractivity contribution >= 4 is 5.91 Å². The van der Waals surface area contributed by atoms with E-state index in [4.69, 9.17) is 5.11 Å².